The lowest BCUT2D eigenvalue weighted by Gasteiger charge is -2.32. The largest absolute Gasteiger partial charge is 0.474 e. The quantitative estimate of drug-likeness (QED) is 0.825. The number of aryl methyl sites for hydroxylation is 1. The Kier molecular flexibility index (Phi) is 5.86. The minimum atomic E-state index is 0.110. The van der Waals surface area contributed by atoms with Crippen LogP contribution >= 0.6 is 0 Å². The number of rotatable bonds is 5. The van der Waals surface area contributed by atoms with Gasteiger partial charge in [0, 0.05) is 38.2 Å². The molecule has 138 valence electrons. The van der Waals surface area contributed by atoms with Crippen molar-refractivity contribution < 1.29 is 9.53 Å². The van der Waals surface area contributed by atoms with Crippen LogP contribution in [0.3, 0.4) is 0 Å². The summed E-state index contributed by atoms with van der Waals surface area (Å²) in [7, 11) is 0. The lowest BCUT2D eigenvalue weighted by molar-refractivity contribution is -0.132. The summed E-state index contributed by atoms with van der Waals surface area (Å²) in [4.78, 5) is 22.9. The molecule has 5 nitrogen and oxygen atoms in total. The van der Waals surface area contributed by atoms with E-state index < -0.39 is 0 Å². The fourth-order valence-corrected chi connectivity index (χ4v) is 3.20. The predicted octanol–water partition coefficient (Wildman–Crippen LogP) is 3.52. The number of hydrogen-bond acceptors (Lipinski definition) is 4. The molecule has 5 heteroatoms. The minimum absolute atomic E-state index is 0.110. The van der Waals surface area contributed by atoms with Gasteiger partial charge in [-0.25, -0.2) is 4.98 Å². The van der Waals surface area contributed by atoms with E-state index in [0.717, 1.165) is 31.5 Å². The van der Waals surface area contributed by atoms with Crippen molar-refractivity contribution in [2.75, 3.05) is 13.1 Å². The summed E-state index contributed by atoms with van der Waals surface area (Å²) in [5, 5.41) is 0. The number of piperidine rings is 1. The Balaban J connectivity index is 1.48. The third-order valence-corrected chi connectivity index (χ3v) is 4.83. The zero-order valence-electron chi connectivity index (χ0n) is 15.8. The fraction of sp³-hybridized carbons (Fsp3) is 0.476. The number of benzene rings is 1. The van der Waals surface area contributed by atoms with Gasteiger partial charge in [-0.3, -0.25) is 4.79 Å². The minimum Gasteiger partial charge on any atom is -0.474 e. The molecule has 2 aromatic rings. The molecule has 0 atom stereocenters. The van der Waals surface area contributed by atoms with E-state index in [4.69, 9.17) is 4.74 Å². The Labute approximate surface area is 155 Å². The summed E-state index contributed by atoms with van der Waals surface area (Å²) in [5.41, 5.74) is 2.38. The number of hydrogen-bond donors (Lipinski definition) is 0. The van der Waals surface area contributed by atoms with Crippen LogP contribution in [0.25, 0.3) is 0 Å². The van der Waals surface area contributed by atoms with E-state index in [0.29, 0.717) is 24.0 Å². The molecule has 0 radical (unpaired) electrons. The maximum absolute atomic E-state index is 12.6. The molecule has 1 aromatic carbocycles. The van der Waals surface area contributed by atoms with Crippen molar-refractivity contribution in [3.05, 3.63) is 53.5 Å². The fourth-order valence-electron chi connectivity index (χ4n) is 3.20. The highest BCUT2D eigenvalue weighted by atomic mass is 16.5. The normalized spacial score (nSPS) is 15.3. The molecule has 26 heavy (non-hydrogen) atoms. The van der Waals surface area contributed by atoms with Crippen LogP contribution in [-0.2, 0) is 11.2 Å². The van der Waals surface area contributed by atoms with Gasteiger partial charge in [-0.05, 0) is 24.0 Å². The number of amides is 1. The van der Waals surface area contributed by atoms with Crippen molar-refractivity contribution >= 4 is 5.91 Å². The molecule has 0 bridgehead atoms. The van der Waals surface area contributed by atoms with Gasteiger partial charge in [0.25, 0.3) is 0 Å². The Morgan fingerprint density at radius 1 is 1.19 bits per heavy atom. The predicted molar refractivity (Wildman–Crippen MR) is 101 cm³/mol. The maximum atomic E-state index is 12.6. The summed E-state index contributed by atoms with van der Waals surface area (Å²) in [6.07, 6.45) is 3.96. The molecule has 0 spiro atoms. The number of carbonyl (C=O) groups excluding carboxylic acids is 1. The van der Waals surface area contributed by atoms with Crippen LogP contribution in [-0.4, -0.2) is 40.0 Å². The van der Waals surface area contributed by atoms with E-state index in [-0.39, 0.29) is 12.0 Å². The lowest BCUT2D eigenvalue weighted by Crippen LogP contribution is -2.42. The van der Waals surface area contributed by atoms with E-state index in [1.807, 2.05) is 11.8 Å². The molecule has 1 fully saturated rings. The average Bonchev–Trinajstić information content (AvgIpc) is 2.63. The van der Waals surface area contributed by atoms with E-state index in [1.165, 1.54) is 5.56 Å². The molecule has 1 aromatic heterocycles. The molecule has 1 saturated heterocycles. The molecule has 0 unspecified atom stereocenters. The van der Waals surface area contributed by atoms with Gasteiger partial charge in [0.1, 0.15) is 11.9 Å². The molecule has 0 aliphatic carbocycles. The summed E-state index contributed by atoms with van der Waals surface area (Å²) >= 11 is 0. The standard InChI is InChI=1S/C21H27N3O2/c1-15(2)18-6-4-17(5-7-18)14-21(25)24-12-9-19(10-13-24)26-20-8-11-22-16(3)23-20/h4-8,11,15,19H,9-10,12-14H2,1-3H3. The van der Waals surface area contributed by atoms with Gasteiger partial charge in [0.15, 0.2) is 0 Å². The first kappa shape index (κ1) is 18.4. The van der Waals surface area contributed by atoms with Crippen LogP contribution < -0.4 is 4.74 Å². The van der Waals surface area contributed by atoms with Crippen molar-refractivity contribution in [2.45, 2.75) is 52.1 Å². The molecule has 1 amide bonds. The van der Waals surface area contributed by atoms with Crippen LogP contribution in [0.1, 0.15) is 49.6 Å². The number of ether oxygens (including phenoxy) is 1. The monoisotopic (exact) mass is 353 g/mol. The van der Waals surface area contributed by atoms with Crippen LogP contribution in [0.2, 0.25) is 0 Å². The number of likely N-dealkylation sites (tertiary alicyclic amines) is 1. The van der Waals surface area contributed by atoms with Gasteiger partial charge in [0.05, 0.1) is 6.42 Å². The van der Waals surface area contributed by atoms with E-state index in [1.54, 1.807) is 12.3 Å². The Bertz CT molecular complexity index is 735. The Hall–Kier alpha value is -2.43. The maximum Gasteiger partial charge on any atom is 0.226 e. The molecular weight excluding hydrogens is 326 g/mol. The van der Waals surface area contributed by atoms with Crippen molar-refractivity contribution in [3.63, 3.8) is 0 Å². The summed E-state index contributed by atoms with van der Waals surface area (Å²) in [6.45, 7) is 7.67. The third-order valence-electron chi connectivity index (χ3n) is 4.83. The van der Waals surface area contributed by atoms with E-state index >= 15 is 0 Å². The first-order valence-corrected chi connectivity index (χ1v) is 9.34. The van der Waals surface area contributed by atoms with Gasteiger partial charge in [-0.15, -0.1) is 0 Å². The van der Waals surface area contributed by atoms with Crippen LogP contribution in [0.4, 0.5) is 0 Å². The molecule has 3 rings (SSSR count). The lowest BCUT2D eigenvalue weighted by atomic mass is 10.0. The highest BCUT2D eigenvalue weighted by Gasteiger charge is 2.24. The van der Waals surface area contributed by atoms with Crippen molar-refractivity contribution in [1.82, 2.24) is 14.9 Å². The SMILES string of the molecule is Cc1nccc(OC2CCN(C(=O)Cc3ccc(C(C)C)cc3)CC2)n1. The van der Waals surface area contributed by atoms with E-state index in [2.05, 4.69) is 48.1 Å². The second kappa shape index (κ2) is 8.30. The van der Waals surface area contributed by atoms with Crippen LogP contribution in [0.15, 0.2) is 36.5 Å². The number of aromatic nitrogens is 2. The van der Waals surface area contributed by atoms with Crippen LogP contribution in [0.5, 0.6) is 5.88 Å². The smallest absolute Gasteiger partial charge is 0.226 e. The Morgan fingerprint density at radius 2 is 1.88 bits per heavy atom. The summed E-state index contributed by atoms with van der Waals surface area (Å²) < 4.78 is 5.93. The number of nitrogens with zero attached hydrogens (tertiary/aromatic N) is 3. The molecular formula is C21H27N3O2. The molecule has 0 N–H and O–H groups in total. The van der Waals surface area contributed by atoms with Gasteiger partial charge in [0.2, 0.25) is 11.8 Å². The van der Waals surface area contributed by atoms with Crippen LogP contribution in [0, 0.1) is 6.92 Å². The van der Waals surface area contributed by atoms with E-state index in [9.17, 15) is 4.79 Å². The zero-order valence-corrected chi connectivity index (χ0v) is 15.8. The van der Waals surface area contributed by atoms with Crippen molar-refractivity contribution in [3.8, 4) is 5.88 Å². The summed E-state index contributed by atoms with van der Waals surface area (Å²) in [6, 6.07) is 10.2. The first-order valence-electron chi connectivity index (χ1n) is 9.34. The topological polar surface area (TPSA) is 55.3 Å². The molecule has 0 saturated carbocycles. The molecule has 2 heterocycles. The molecule has 1 aliphatic rings. The van der Waals surface area contributed by atoms with Gasteiger partial charge in [-0.2, -0.15) is 4.98 Å². The molecule has 1 aliphatic heterocycles. The van der Waals surface area contributed by atoms with Gasteiger partial charge >= 0.3 is 0 Å². The highest BCUT2D eigenvalue weighted by molar-refractivity contribution is 5.78. The highest BCUT2D eigenvalue weighted by Crippen LogP contribution is 2.19. The van der Waals surface area contributed by atoms with Gasteiger partial charge in [-0.1, -0.05) is 38.1 Å². The number of carbonyl (C=O) groups is 1. The van der Waals surface area contributed by atoms with Crippen molar-refractivity contribution in [1.29, 1.82) is 0 Å². The van der Waals surface area contributed by atoms with Crippen molar-refractivity contribution in [2.24, 2.45) is 0 Å². The average molecular weight is 353 g/mol. The summed E-state index contributed by atoms with van der Waals surface area (Å²) in [5.74, 6) is 2.03. The Morgan fingerprint density at radius 3 is 2.50 bits per heavy atom. The second-order valence-corrected chi connectivity index (χ2v) is 7.21. The second-order valence-electron chi connectivity index (χ2n) is 7.21. The van der Waals surface area contributed by atoms with Gasteiger partial charge < -0.3 is 9.64 Å². The first-order chi connectivity index (χ1) is 12.5. The third kappa shape index (κ3) is 4.81. The zero-order chi connectivity index (χ0) is 18.5.